The van der Waals surface area contributed by atoms with Crippen molar-refractivity contribution in [2.24, 2.45) is 0 Å². The summed E-state index contributed by atoms with van der Waals surface area (Å²) >= 11 is 0. The molecule has 2 unspecified atom stereocenters. The van der Waals surface area contributed by atoms with E-state index in [0.29, 0.717) is 0 Å². The molecule has 0 saturated carbocycles. The fourth-order valence-corrected chi connectivity index (χ4v) is 2.60. The van der Waals surface area contributed by atoms with Gasteiger partial charge in [-0.2, -0.15) is 0 Å². The van der Waals surface area contributed by atoms with E-state index in [9.17, 15) is 19.7 Å². The summed E-state index contributed by atoms with van der Waals surface area (Å²) in [5.74, 6) is 0. The maximum atomic E-state index is 11.5. The van der Waals surface area contributed by atoms with Crippen molar-refractivity contribution in [2.45, 2.75) is 45.1 Å². The first-order valence-electron chi connectivity index (χ1n) is 4.28. The largest absolute Gasteiger partial charge is 0.390 e. The van der Waals surface area contributed by atoms with Crippen LogP contribution in [0.5, 0.6) is 0 Å². The van der Waals surface area contributed by atoms with Crippen molar-refractivity contribution in [1.29, 1.82) is 0 Å². The minimum Gasteiger partial charge on any atom is -0.390 e. The summed E-state index contributed by atoms with van der Waals surface area (Å²) in [5.41, 5.74) is -1.14. The zero-order valence-electron chi connectivity index (χ0n) is 8.61. The molecule has 0 aliphatic carbocycles. The minimum atomic E-state index is -3.58. The van der Waals surface area contributed by atoms with E-state index in [1.165, 1.54) is 20.8 Å². The Balaban J connectivity index is 4.68. The Bertz CT molecular complexity index is 217. The maximum absolute atomic E-state index is 11.5. The molecule has 2 atom stereocenters. The van der Waals surface area contributed by atoms with Crippen LogP contribution in [0.25, 0.3) is 0 Å². The van der Waals surface area contributed by atoms with E-state index >= 15 is 0 Å². The summed E-state index contributed by atoms with van der Waals surface area (Å²) < 4.78 is 11.5. The molecule has 0 heterocycles. The lowest BCUT2D eigenvalue weighted by Gasteiger charge is -2.33. The molecule has 0 spiro atoms. The molecule has 0 fully saturated rings. The predicted octanol–water partition coefficient (Wildman–Crippen LogP) is 1.15. The first-order valence-corrected chi connectivity index (χ1v) is 6.13. The second-order valence-corrected chi connectivity index (χ2v) is 7.22. The van der Waals surface area contributed by atoms with E-state index in [4.69, 9.17) is 0 Å². The Labute approximate surface area is 79.1 Å². The van der Waals surface area contributed by atoms with Crippen LogP contribution in [-0.4, -0.2) is 32.2 Å². The van der Waals surface area contributed by atoms with Crippen molar-refractivity contribution in [3.05, 3.63) is 0 Å². The molecule has 0 aromatic rings. The first kappa shape index (κ1) is 13.1. The fourth-order valence-electron chi connectivity index (χ4n) is 1.28. The highest BCUT2D eigenvalue weighted by molar-refractivity contribution is 7.59. The third kappa shape index (κ3) is 3.77. The van der Waals surface area contributed by atoms with Crippen LogP contribution in [0.3, 0.4) is 0 Å². The molecule has 0 aromatic heterocycles. The van der Waals surface area contributed by atoms with E-state index in [0.717, 1.165) is 0 Å². The van der Waals surface area contributed by atoms with Gasteiger partial charge in [0.15, 0.2) is 0 Å². The van der Waals surface area contributed by atoms with Gasteiger partial charge in [0.05, 0.1) is 5.60 Å². The molecule has 0 rings (SSSR count). The fraction of sp³-hybridized carbons (Fsp3) is 1.00. The topological polar surface area (TPSA) is 77.8 Å². The number of rotatable bonds is 4. The Morgan fingerprint density at radius 3 is 1.85 bits per heavy atom. The molecule has 80 valence electrons. The highest BCUT2D eigenvalue weighted by Crippen LogP contribution is 2.55. The smallest absolute Gasteiger partial charge is 0.230 e. The van der Waals surface area contributed by atoms with Crippen LogP contribution in [0, 0.1) is 0 Å². The van der Waals surface area contributed by atoms with Gasteiger partial charge in [0.1, 0.15) is 5.34 Å². The van der Waals surface area contributed by atoms with Crippen molar-refractivity contribution in [3.63, 3.8) is 0 Å². The minimum absolute atomic E-state index is 0.0100. The van der Waals surface area contributed by atoms with E-state index < -0.39 is 18.3 Å². The standard InChI is InChI=1S/C8H19O4P/c1-5-13(11,12)8(4,10)6-7(2,3)9/h9-10H,5-6H2,1-4H3,(H,11,12). The van der Waals surface area contributed by atoms with Gasteiger partial charge in [-0.05, 0) is 20.8 Å². The van der Waals surface area contributed by atoms with Crippen LogP contribution in [0.2, 0.25) is 0 Å². The highest BCUT2D eigenvalue weighted by Gasteiger charge is 2.43. The highest BCUT2D eigenvalue weighted by atomic mass is 31.2. The van der Waals surface area contributed by atoms with Gasteiger partial charge in [-0.1, -0.05) is 6.92 Å². The molecular weight excluding hydrogens is 191 g/mol. The Morgan fingerprint density at radius 1 is 1.23 bits per heavy atom. The summed E-state index contributed by atoms with van der Waals surface area (Å²) in [5, 5.41) is 17.4. The monoisotopic (exact) mass is 210 g/mol. The van der Waals surface area contributed by atoms with Gasteiger partial charge in [0.25, 0.3) is 0 Å². The van der Waals surface area contributed by atoms with E-state index in [2.05, 4.69) is 0 Å². The van der Waals surface area contributed by atoms with Crippen molar-refractivity contribution in [3.8, 4) is 0 Å². The average molecular weight is 210 g/mol. The molecule has 5 heteroatoms. The van der Waals surface area contributed by atoms with Crippen LogP contribution < -0.4 is 0 Å². The maximum Gasteiger partial charge on any atom is 0.230 e. The molecule has 0 aromatic carbocycles. The Hall–Kier alpha value is 0.110. The molecule has 0 saturated heterocycles. The second kappa shape index (κ2) is 3.70. The summed E-state index contributed by atoms with van der Waals surface area (Å²) in [7, 11) is -3.58. The molecular formula is C8H19O4P. The lowest BCUT2D eigenvalue weighted by Crippen LogP contribution is -2.35. The average Bonchev–Trinajstić information content (AvgIpc) is 1.81. The zero-order valence-corrected chi connectivity index (χ0v) is 9.51. The lowest BCUT2D eigenvalue weighted by atomic mass is 10.0. The van der Waals surface area contributed by atoms with Crippen LogP contribution >= 0.6 is 7.37 Å². The molecule has 13 heavy (non-hydrogen) atoms. The van der Waals surface area contributed by atoms with Gasteiger partial charge < -0.3 is 15.1 Å². The molecule has 0 aliphatic rings. The van der Waals surface area contributed by atoms with Gasteiger partial charge in [0.2, 0.25) is 7.37 Å². The Morgan fingerprint density at radius 2 is 1.62 bits per heavy atom. The third-order valence-electron chi connectivity index (χ3n) is 1.95. The molecule has 0 amide bonds. The van der Waals surface area contributed by atoms with Crippen molar-refractivity contribution in [2.75, 3.05) is 6.16 Å². The molecule has 0 aliphatic heterocycles. The quantitative estimate of drug-likeness (QED) is 0.608. The molecule has 3 N–H and O–H groups in total. The third-order valence-corrected chi connectivity index (χ3v) is 4.47. The van der Waals surface area contributed by atoms with Gasteiger partial charge >= 0.3 is 0 Å². The first-order chi connectivity index (χ1) is 5.52. The summed E-state index contributed by atoms with van der Waals surface area (Å²) in [4.78, 5) is 9.41. The van der Waals surface area contributed by atoms with E-state index in [-0.39, 0.29) is 12.6 Å². The number of hydrogen-bond acceptors (Lipinski definition) is 3. The van der Waals surface area contributed by atoms with Crippen molar-refractivity contribution < 1.29 is 19.7 Å². The Kier molecular flexibility index (Phi) is 3.73. The van der Waals surface area contributed by atoms with Crippen LogP contribution in [0.4, 0.5) is 0 Å². The summed E-state index contributed by atoms with van der Waals surface area (Å²) in [6, 6.07) is 0. The normalized spacial score (nSPS) is 22.1. The van der Waals surface area contributed by atoms with E-state index in [1.807, 2.05) is 0 Å². The summed E-state index contributed by atoms with van der Waals surface area (Å²) in [6.45, 7) is 5.82. The van der Waals surface area contributed by atoms with Crippen LogP contribution in [0.1, 0.15) is 34.1 Å². The SMILES string of the molecule is CCP(=O)(O)C(C)(O)CC(C)(C)O. The molecule has 0 radical (unpaired) electrons. The number of hydrogen-bond donors (Lipinski definition) is 3. The molecule has 4 nitrogen and oxygen atoms in total. The van der Waals surface area contributed by atoms with Crippen LogP contribution in [-0.2, 0) is 4.57 Å². The van der Waals surface area contributed by atoms with E-state index in [1.54, 1.807) is 6.92 Å². The van der Waals surface area contributed by atoms with Crippen LogP contribution in [0.15, 0.2) is 0 Å². The summed E-state index contributed by atoms with van der Waals surface area (Å²) in [6.07, 6.45) is -0.0995. The van der Waals surface area contributed by atoms with Gasteiger partial charge in [-0.15, -0.1) is 0 Å². The predicted molar refractivity (Wildman–Crippen MR) is 51.9 cm³/mol. The lowest BCUT2D eigenvalue weighted by molar-refractivity contribution is 0.00120. The van der Waals surface area contributed by atoms with Gasteiger partial charge in [-0.3, -0.25) is 4.57 Å². The van der Waals surface area contributed by atoms with Crippen molar-refractivity contribution >= 4 is 7.37 Å². The molecule has 0 bridgehead atoms. The van der Waals surface area contributed by atoms with Gasteiger partial charge in [0, 0.05) is 12.6 Å². The second-order valence-electron chi connectivity index (χ2n) is 4.22. The van der Waals surface area contributed by atoms with Crippen molar-refractivity contribution in [1.82, 2.24) is 0 Å². The van der Waals surface area contributed by atoms with Gasteiger partial charge in [-0.25, -0.2) is 0 Å². The zero-order chi connectivity index (χ0) is 10.9. The number of aliphatic hydroxyl groups is 2.